The van der Waals surface area contributed by atoms with E-state index in [9.17, 15) is 4.39 Å². The molecule has 0 amide bonds. The lowest BCUT2D eigenvalue weighted by atomic mass is 10.0. The van der Waals surface area contributed by atoms with Gasteiger partial charge in [-0.3, -0.25) is 0 Å². The van der Waals surface area contributed by atoms with Crippen LogP contribution < -0.4 is 11.6 Å². The van der Waals surface area contributed by atoms with Crippen molar-refractivity contribution in [2.75, 3.05) is 7.05 Å². The average molecular weight is 282 g/mol. The van der Waals surface area contributed by atoms with Crippen LogP contribution in [0.15, 0.2) is 48.7 Å². The van der Waals surface area contributed by atoms with Crippen LogP contribution in [0.5, 0.6) is 0 Å². The standard InChI is InChI=1S/C16H15FN4/c1-21(20)16(10-19)13-5-3-12(4-6-13)14-7-2-11(9-18)8-15(14)17/h2-8,10H,19-20H2,1H3/b16-10-. The summed E-state index contributed by atoms with van der Waals surface area (Å²) in [5.41, 5.74) is 8.50. The van der Waals surface area contributed by atoms with E-state index in [4.69, 9.17) is 16.8 Å². The van der Waals surface area contributed by atoms with Gasteiger partial charge < -0.3 is 10.7 Å². The lowest BCUT2D eigenvalue weighted by Crippen LogP contribution is -2.24. The Hall–Kier alpha value is -2.84. The van der Waals surface area contributed by atoms with E-state index in [1.54, 1.807) is 31.3 Å². The molecule has 0 atom stereocenters. The first-order valence-corrected chi connectivity index (χ1v) is 6.27. The van der Waals surface area contributed by atoms with E-state index >= 15 is 0 Å². The Balaban J connectivity index is 2.38. The monoisotopic (exact) mass is 282 g/mol. The first-order chi connectivity index (χ1) is 10.1. The minimum absolute atomic E-state index is 0.297. The normalized spacial score (nSPS) is 11.0. The maximum atomic E-state index is 14.0. The van der Waals surface area contributed by atoms with Crippen LogP contribution in [0.4, 0.5) is 4.39 Å². The molecule has 0 aliphatic rings. The summed E-state index contributed by atoms with van der Waals surface area (Å²) in [5, 5.41) is 10.2. The Kier molecular flexibility index (Phi) is 4.21. The summed E-state index contributed by atoms with van der Waals surface area (Å²) in [6.45, 7) is 0. The van der Waals surface area contributed by atoms with Crippen molar-refractivity contribution in [1.82, 2.24) is 5.01 Å². The molecule has 0 saturated carbocycles. The third kappa shape index (κ3) is 3.02. The highest BCUT2D eigenvalue weighted by atomic mass is 19.1. The van der Waals surface area contributed by atoms with Gasteiger partial charge in [0.2, 0.25) is 0 Å². The third-order valence-corrected chi connectivity index (χ3v) is 3.13. The van der Waals surface area contributed by atoms with E-state index in [1.807, 2.05) is 18.2 Å². The Morgan fingerprint density at radius 3 is 2.38 bits per heavy atom. The zero-order valence-electron chi connectivity index (χ0n) is 11.5. The number of halogens is 1. The van der Waals surface area contributed by atoms with Crippen LogP contribution in [0, 0.1) is 17.1 Å². The summed E-state index contributed by atoms with van der Waals surface area (Å²) in [6.07, 6.45) is 1.41. The summed E-state index contributed by atoms with van der Waals surface area (Å²) in [7, 11) is 1.69. The lowest BCUT2D eigenvalue weighted by molar-refractivity contribution is 0.510. The molecular weight excluding hydrogens is 267 g/mol. The predicted molar refractivity (Wildman–Crippen MR) is 80.7 cm³/mol. The first-order valence-electron chi connectivity index (χ1n) is 6.27. The quantitative estimate of drug-likeness (QED) is 0.669. The zero-order chi connectivity index (χ0) is 15.4. The molecule has 0 aliphatic heterocycles. The van der Waals surface area contributed by atoms with Crippen molar-refractivity contribution in [3.05, 3.63) is 65.6 Å². The molecule has 0 heterocycles. The largest absolute Gasteiger partial charge is 0.403 e. The second-order valence-corrected chi connectivity index (χ2v) is 4.55. The molecule has 0 saturated heterocycles. The van der Waals surface area contributed by atoms with Gasteiger partial charge in [-0.15, -0.1) is 0 Å². The van der Waals surface area contributed by atoms with Crippen LogP contribution in [-0.4, -0.2) is 12.1 Å². The van der Waals surface area contributed by atoms with Crippen LogP contribution >= 0.6 is 0 Å². The van der Waals surface area contributed by atoms with E-state index in [0.29, 0.717) is 16.8 Å². The SMILES string of the molecule is CN(N)/C(=C\N)c1ccc(-c2ccc(C#N)cc2F)cc1. The summed E-state index contributed by atoms with van der Waals surface area (Å²) in [4.78, 5) is 0. The number of rotatable bonds is 3. The summed E-state index contributed by atoms with van der Waals surface area (Å²) >= 11 is 0. The molecular formula is C16H15FN4. The number of nitrogens with two attached hydrogens (primary N) is 2. The Labute approximate surface area is 122 Å². The van der Waals surface area contributed by atoms with Gasteiger partial charge >= 0.3 is 0 Å². The van der Waals surface area contributed by atoms with Crippen molar-refractivity contribution in [1.29, 1.82) is 5.26 Å². The molecule has 0 radical (unpaired) electrons. The van der Waals surface area contributed by atoms with Crippen LogP contribution in [-0.2, 0) is 0 Å². The van der Waals surface area contributed by atoms with Crippen molar-refractivity contribution < 1.29 is 4.39 Å². The molecule has 21 heavy (non-hydrogen) atoms. The molecule has 0 spiro atoms. The number of benzene rings is 2. The number of nitrogens with zero attached hydrogens (tertiary/aromatic N) is 2. The number of hydrogen-bond donors (Lipinski definition) is 2. The molecule has 2 aromatic rings. The van der Waals surface area contributed by atoms with Crippen molar-refractivity contribution in [3.8, 4) is 17.2 Å². The van der Waals surface area contributed by atoms with Crippen molar-refractivity contribution in [3.63, 3.8) is 0 Å². The molecule has 106 valence electrons. The molecule has 0 aliphatic carbocycles. The van der Waals surface area contributed by atoms with Gasteiger partial charge in [0.25, 0.3) is 0 Å². The summed E-state index contributed by atoms with van der Waals surface area (Å²) in [6, 6.07) is 13.5. The van der Waals surface area contributed by atoms with Gasteiger partial charge in [0.05, 0.1) is 17.3 Å². The summed E-state index contributed by atoms with van der Waals surface area (Å²) in [5.74, 6) is 5.26. The molecule has 5 heteroatoms. The van der Waals surface area contributed by atoms with Gasteiger partial charge in [0, 0.05) is 24.4 Å². The molecule has 0 bridgehead atoms. The second-order valence-electron chi connectivity index (χ2n) is 4.55. The predicted octanol–water partition coefficient (Wildman–Crippen LogP) is 2.43. The van der Waals surface area contributed by atoms with Crippen LogP contribution in [0.1, 0.15) is 11.1 Å². The van der Waals surface area contributed by atoms with Gasteiger partial charge in [-0.2, -0.15) is 5.26 Å². The highest BCUT2D eigenvalue weighted by Crippen LogP contribution is 2.25. The Morgan fingerprint density at radius 2 is 1.90 bits per heavy atom. The maximum Gasteiger partial charge on any atom is 0.132 e. The maximum absolute atomic E-state index is 14.0. The third-order valence-electron chi connectivity index (χ3n) is 3.13. The van der Waals surface area contributed by atoms with E-state index < -0.39 is 5.82 Å². The van der Waals surface area contributed by atoms with Crippen LogP contribution in [0.25, 0.3) is 16.8 Å². The highest BCUT2D eigenvalue weighted by molar-refractivity contribution is 5.70. The number of hydrogen-bond acceptors (Lipinski definition) is 4. The van der Waals surface area contributed by atoms with Crippen molar-refractivity contribution in [2.24, 2.45) is 11.6 Å². The van der Waals surface area contributed by atoms with Crippen LogP contribution in [0.2, 0.25) is 0 Å². The fourth-order valence-electron chi connectivity index (χ4n) is 2.06. The summed E-state index contributed by atoms with van der Waals surface area (Å²) < 4.78 is 14.0. The fraction of sp³-hybridized carbons (Fsp3) is 0.0625. The van der Waals surface area contributed by atoms with Gasteiger partial charge in [-0.25, -0.2) is 10.2 Å². The van der Waals surface area contributed by atoms with Gasteiger partial charge in [-0.05, 0) is 17.7 Å². The van der Waals surface area contributed by atoms with E-state index in [-0.39, 0.29) is 0 Å². The molecule has 2 rings (SSSR count). The topological polar surface area (TPSA) is 79.1 Å². The van der Waals surface area contributed by atoms with Gasteiger partial charge in [0.15, 0.2) is 0 Å². The average Bonchev–Trinajstić information content (AvgIpc) is 2.48. The molecule has 0 unspecified atom stereocenters. The molecule has 4 nitrogen and oxygen atoms in total. The van der Waals surface area contributed by atoms with E-state index in [0.717, 1.165) is 11.1 Å². The fourth-order valence-corrected chi connectivity index (χ4v) is 2.06. The van der Waals surface area contributed by atoms with Gasteiger partial charge in [0.1, 0.15) is 5.82 Å². The molecule has 0 fully saturated rings. The zero-order valence-corrected chi connectivity index (χ0v) is 11.5. The molecule has 2 aromatic carbocycles. The van der Waals surface area contributed by atoms with Crippen LogP contribution in [0.3, 0.4) is 0 Å². The molecule has 4 N–H and O–H groups in total. The van der Waals surface area contributed by atoms with Gasteiger partial charge in [-0.1, -0.05) is 30.3 Å². The van der Waals surface area contributed by atoms with E-state index in [1.165, 1.54) is 17.3 Å². The highest BCUT2D eigenvalue weighted by Gasteiger charge is 2.08. The van der Waals surface area contributed by atoms with Crippen molar-refractivity contribution in [2.45, 2.75) is 0 Å². The Bertz CT molecular complexity index is 712. The lowest BCUT2D eigenvalue weighted by Gasteiger charge is -2.16. The Morgan fingerprint density at radius 1 is 1.24 bits per heavy atom. The number of hydrazine groups is 1. The number of nitriles is 1. The van der Waals surface area contributed by atoms with Crippen molar-refractivity contribution >= 4 is 5.70 Å². The van der Waals surface area contributed by atoms with E-state index in [2.05, 4.69) is 0 Å². The second kappa shape index (κ2) is 6.07. The smallest absolute Gasteiger partial charge is 0.132 e. The molecule has 0 aromatic heterocycles. The minimum atomic E-state index is -0.424. The first kappa shape index (κ1) is 14.6. The minimum Gasteiger partial charge on any atom is -0.403 e.